The van der Waals surface area contributed by atoms with Gasteiger partial charge in [-0.2, -0.15) is 0 Å². The molecule has 0 spiro atoms. The van der Waals surface area contributed by atoms with E-state index in [-0.39, 0.29) is 0 Å². The van der Waals surface area contributed by atoms with Crippen molar-refractivity contribution in [3.05, 3.63) is 23.4 Å². The molecule has 0 aliphatic rings. The van der Waals surface area contributed by atoms with Crippen molar-refractivity contribution in [2.24, 2.45) is 5.73 Å². The van der Waals surface area contributed by atoms with Gasteiger partial charge in [-0.05, 0) is 30.3 Å². The van der Waals surface area contributed by atoms with Crippen LogP contribution >= 0.6 is 23.1 Å². The Morgan fingerprint density at radius 3 is 2.78 bits per heavy atom. The van der Waals surface area contributed by atoms with Crippen LogP contribution in [0.4, 0.5) is 5.13 Å². The van der Waals surface area contributed by atoms with Gasteiger partial charge in [-0.25, -0.2) is 4.98 Å². The zero-order valence-corrected chi connectivity index (χ0v) is 12.2. The van der Waals surface area contributed by atoms with Crippen LogP contribution in [-0.4, -0.2) is 29.3 Å². The molecule has 2 heterocycles. The first kappa shape index (κ1) is 13.3. The molecule has 2 aromatic heterocycles. The van der Waals surface area contributed by atoms with Gasteiger partial charge in [0.1, 0.15) is 5.03 Å². The molecule has 0 saturated heterocycles. The number of aromatic nitrogens is 3. The number of rotatable bonds is 4. The van der Waals surface area contributed by atoms with Crippen molar-refractivity contribution < 1.29 is 0 Å². The van der Waals surface area contributed by atoms with Crippen molar-refractivity contribution in [2.75, 3.05) is 19.0 Å². The highest BCUT2D eigenvalue weighted by Gasteiger charge is 2.12. The lowest BCUT2D eigenvalue weighted by Crippen LogP contribution is -2.07. The summed E-state index contributed by atoms with van der Waals surface area (Å²) in [6.45, 7) is 2.53. The van der Waals surface area contributed by atoms with Gasteiger partial charge >= 0.3 is 0 Å². The number of hydrogen-bond acceptors (Lipinski definition) is 7. The molecule has 0 fully saturated rings. The number of anilines is 1. The molecule has 0 unspecified atom stereocenters. The highest BCUT2D eigenvalue weighted by Crippen LogP contribution is 2.33. The van der Waals surface area contributed by atoms with Crippen LogP contribution in [0.3, 0.4) is 0 Å². The maximum absolute atomic E-state index is 5.76. The molecule has 0 atom stereocenters. The van der Waals surface area contributed by atoms with Crippen LogP contribution < -0.4 is 10.6 Å². The zero-order chi connectivity index (χ0) is 13.1. The first-order valence-electron chi connectivity index (χ1n) is 5.45. The number of nitrogens with zero attached hydrogens (tertiary/aromatic N) is 4. The average Bonchev–Trinajstić information content (AvgIpc) is 2.78. The van der Waals surface area contributed by atoms with E-state index in [1.54, 1.807) is 17.5 Å². The summed E-state index contributed by atoms with van der Waals surface area (Å²) < 4.78 is 0.881. The summed E-state index contributed by atoms with van der Waals surface area (Å²) >= 11 is 3.07. The molecule has 0 aliphatic heterocycles. The highest BCUT2D eigenvalue weighted by atomic mass is 32.2. The second kappa shape index (κ2) is 5.64. The Morgan fingerprint density at radius 1 is 1.39 bits per heavy atom. The van der Waals surface area contributed by atoms with Crippen LogP contribution in [0.5, 0.6) is 0 Å². The quantitative estimate of drug-likeness (QED) is 0.923. The summed E-state index contributed by atoms with van der Waals surface area (Å²) in [4.78, 5) is 6.31. The lowest BCUT2D eigenvalue weighted by atomic mass is 10.2. The largest absolute Gasteiger partial charge is 0.353 e. The number of pyridine rings is 1. The van der Waals surface area contributed by atoms with E-state index < -0.39 is 0 Å². The van der Waals surface area contributed by atoms with Crippen LogP contribution in [0.15, 0.2) is 21.6 Å². The SMILES string of the molecule is Cc1ccnc(Sc2nnc(N(C)C)s2)c1CN. The van der Waals surface area contributed by atoms with Crippen LogP contribution in [0.2, 0.25) is 0 Å². The first-order chi connectivity index (χ1) is 8.61. The van der Waals surface area contributed by atoms with E-state index >= 15 is 0 Å². The lowest BCUT2D eigenvalue weighted by Gasteiger charge is -2.07. The van der Waals surface area contributed by atoms with Crippen molar-refractivity contribution in [1.82, 2.24) is 15.2 Å². The van der Waals surface area contributed by atoms with Crippen molar-refractivity contribution in [1.29, 1.82) is 0 Å². The molecule has 0 aromatic carbocycles. The third kappa shape index (κ3) is 2.80. The predicted molar refractivity (Wildman–Crippen MR) is 75.2 cm³/mol. The van der Waals surface area contributed by atoms with Crippen molar-refractivity contribution >= 4 is 28.2 Å². The molecule has 5 nitrogen and oxygen atoms in total. The standard InChI is InChI=1S/C11H15N5S2/c1-7-4-5-13-9(8(7)6-12)17-11-15-14-10(18-11)16(2)3/h4-5H,6,12H2,1-3H3. The maximum atomic E-state index is 5.76. The Bertz CT molecular complexity index is 538. The van der Waals surface area contributed by atoms with Crippen LogP contribution in [0, 0.1) is 6.92 Å². The second-order valence-corrected chi connectivity index (χ2v) is 6.15. The number of nitrogens with two attached hydrogens (primary N) is 1. The van der Waals surface area contributed by atoms with Crippen LogP contribution in [0.25, 0.3) is 0 Å². The van der Waals surface area contributed by atoms with E-state index in [0.717, 1.165) is 25.6 Å². The topological polar surface area (TPSA) is 67.9 Å². The van der Waals surface area contributed by atoms with E-state index in [1.807, 2.05) is 32.0 Å². The molecule has 2 aromatic rings. The lowest BCUT2D eigenvalue weighted by molar-refractivity contribution is 0.935. The summed E-state index contributed by atoms with van der Waals surface area (Å²) in [5.74, 6) is 0. The number of aryl methyl sites for hydroxylation is 1. The third-order valence-electron chi connectivity index (χ3n) is 2.42. The van der Waals surface area contributed by atoms with Crippen LogP contribution in [-0.2, 0) is 6.54 Å². The molecule has 2 rings (SSSR count). The van der Waals surface area contributed by atoms with Crippen molar-refractivity contribution in [2.45, 2.75) is 22.8 Å². The monoisotopic (exact) mass is 281 g/mol. The Labute approximate surface area is 114 Å². The molecule has 7 heteroatoms. The second-order valence-electron chi connectivity index (χ2n) is 3.96. The molecular formula is C11H15N5S2. The van der Waals surface area contributed by atoms with E-state index in [1.165, 1.54) is 11.8 Å². The van der Waals surface area contributed by atoms with Crippen molar-refractivity contribution in [3.8, 4) is 0 Å². The van der Waals surface area contributed by atoms with Gasteiger partial charge in [0.05, 0.1) is 0 Å². The van der Waals surface area contributed by atoms with E-state index in [4.69, 9.17) is 5.73 Å². The molecule has 96 valence electrons. The van der Waals surface area contributed by atoms with Gasteiger partial charge in [0, 0.05) is 32.4 Å². The van der Waals surface area contributed by atoms with Gasteiger partial charge in [-0.15, -0.1) is 10.2 Å². The molecule has 0 aliphatic carbocycles. The summed E-state index contributed by atoms with van der Waals surface area (Å²) in [7, 11) is 3.90. The highest BCUT2D eigenvalue weighted by molar-refractivity contribution is 8.01. The zero-order valence-electron chi connectivity index (χ0n) is 10.5. The fraction of sp³-hybridized carbons (Fsp3) is 0.364. The first-order valence-corrected chi connectivity index (χ1v) is 7.08. The molecule has 0 saturated carbocycles. The van der Waals surface area contributed by atoms with E-state index in [9.17, 15) is 0 Å². The number of hydrogen-bond donors (Lipinski definition) is 1. The Hall–Kier alpha value is -1.18. The van der Waals surface area contributed by atoms with Gasteiger partial charge < -0.3 is 10.6 Å². The molecule has 0 amide bonds. The average molecular weight is 281 g/mol. The van der Waals surface area contributed by atoms with Gasteiger partial charge in [0.15, 0.2) is 4.34 Å². The third-order valence-corrected chi connectivity index (χ3v) is 4.60. The summed E-state index contributed by atoms with van der Waals surface area (Å²) in [5, 5.41) is 10.1. The molecular weight excluding hydrogens is 266 g/mol. The van der Waals surface area contributed by atoms with E-state index in [0.29, 0.717) is 6.54 Å². The van der Waals surface area contributed by atoms with Gasteiger partial charge in [0.2, 0.25) is 5.13 Å². The van der Waals surface area contributed by atoms with E-state index in [2.05, 4.69) is 15.2 Å². The fourth-order valence-electron chi connectivity index (χ4n) is 1.41. The predicted octanol–water partition coefficient (Wildman–Crippen LogP) is 1.92. The Morgan fingerprint density at radius 2 is 2.17 bits per heavy atom. The van der Waals surface area contributed by atoms with Crippen LogP contribution in [0.1, 0.15) is 11.1 Å². The molecule has 0 bridgehead atoms. The minimum Gasteiger partial charge on any atom is -0.353 e. The van der Waals surface area contributed by atoms with Crippen molar-refractivity contribution in [3.63, 3.8) is 0 Å². The fourth-order valence-corrected chi connectivity index (χ4v) is 3.26. The van der Waals surface area contributed by atoms with Gasteiger partial charge in [-0.1, -0.05) is 11.3 Å². The Kier molecular flexibility index (Phi) is 4.15. The minimum atomic E-state index is 0.487. The smallest absolute Gasteiger partial charge is 0.208 e. The maximum Gasteiger partial charge on any atom is 0.208 e. The molecule has 0 radical (unpaired) electrons. The Balaban J connectivity index is 2.25. The molecule has 2 N–H and O–H groups in total. The van der Waals surface area contributed by atoms with Gasteiger partial charge in [-0.3, -0.25) is 0 Å². The minimum absolute atomic E-state index is 0.487. The normalized spacial score (nSPS) is 10.7. The molecule has 18 heavy (non-hydrogen) atoms. The summed E-state index contributed by atoms with van der Waals surface area (Å²) in [5.41, 5.74) is 8.00. The van der Waals surface area contributed by atoms with Gasteiger partial charge in [0.25, 0.3) is 0 Å². The summed E-state index contributed by atoms with van der Waals surface area (Å²) in [6, 6.07) is 1.97. The summed E-state index contributed by atoms with van der Waals surface area (Å²) in [6.07, 6.45) is 1.80.